The fourth-order valence-electron chi connectivity index (χ4n) is 2.06. The van der Waals surface area contributed by atoms with Crippen LogP contribution in [0.15, 0.2) is 24.3 Å². The Balaban J connectivity index is 2.52. The molecule has 0 spiro atoms. The van der Waals surface area contributed by atoms with Crippen LogP contribution < -0.4 is 4.74 Å². The quantitative estimate of drug-likeness (QED) is 0.809. The Morgan fingerprint density at radius 2 is 1.84 bits per heavy atom. The average molecular weight is 280 g/mol. The van der Waals surface area contributed by atoms with E-state index in [1.165, 1.54) is 0 Å². The fourth-order valence-corrected chi connectivity index (χ4v) is 2.24. The summed E-state index contributed by atoms with van der Waals surface area (Å²) in [7, 11) is 1.65. The number of ether oxygens (including phenoxy) is 1. The summed E-state index contributed by atoms with van der Waals surface area (Å²) < 4.78 is 7.01. The molecule has 0 atom stereocenters. The first kappa shape index (κ1) is 13.9. The number of alkyl halides is 1. The molecule has 2 rings (SSSR count). The van der Waals surface area contributed by atoms with Gasteiger partial charge >= 0.3 is 0 Å². The first-order chi connectivity index (χ1) is 8.97. The van der Waals surface area contributed by atoms with E-state index in [1.807, 2.05) is 28.9 Å². The Kier molecular flexibility index (Phi) is 3.80. The average Bonchev–Trinajstić information content (AvgIpc) is 2.82. The molecule has 0 fully saturated rings. The van der Waals surface area contributed by atoms with Gasteiger partial charge < -0.3 is 4.74 Å². The van der Waals surface area contributed by atoms with Crippen LogP contribution in [0.5, 0.6) is 5.75 Å². The maximum Gasteiger partial charge on any atom is 0.119 e. The van der Waals surface area contributed by atoms with Gasteiger partial charge in [-0.05, 0) is 24.3 Å². The van der Waals surface area contributed by atoms with Crippen molar-refractivity contribution in [3.05, 3.63) is 35.7 Å². The van der Waals surface area contributed by atoms with E-state index in [4.69, 9.17) is 16.3 Å². The molecule has 19 heavy (non-hydrogen) atoms. The molecule has 1 aromatic heterocycles. The molecule has 1 heterocycles. The summed E-state index contributed by atoms with van der Waals surface area (Å²) >= 11 is 5.95. The molecule has 0 aliphatic carbocycles. The molecule has 0 amide bonds. The number of benzene rings is 1. The third kappa shape index (κ3) is 2.73. The predicted octanol–water partition coefficient (Wildman–Crippen LogP) is 3.31. The van der Waals surface area contributed by atoms with Gasteiger partial charge in [-0.25, -0.2) is 4.68 Å². The van der Waals surface area contributed by atoms with Gasteiger partial charge in [-0.15, -0.1) is 16.7 Å². The second-order valence-corrected chi connectivity index (χ2v) is 5.65. The first-order valence-electron chi connectivity index (χ1n) is 6.13. The molecule has 0 saturated carbocycles. The largest absolute Gasteiger partial charge is 0.497 e. The van der Waals surface area contributed by atoms with Gasteiger partial charge in [-0.3, -0.25) is 0 Å². The summed E-state index contributed by atoms with van der Waals surface area (Å²) in [6, 6.07) is 7.73. The van der Waals surface area contributed by atoms with E-state index in [0.717, 1.165) is 22.8 Å². The van der Waals surface area contributed by atoms with Crippen molar-refractivity contribution in [2.24, 2.45) is 0 Å². The van der Waals surface area contributed by atoms with E-state index in [2.05, 4.69) is 31.1 Å². The lowest BCUT2D eigenvalue weighted by Gasteiger charge is -2.20. The van der Waals surface area contributed by atoms with E-state index < -0.39 is 0 Å². The van der Waals surface area contributed by atoms with E-state index in [-0.39, 0.29) is 5.41 Å². The van der Waals surface area contributed by atoms with Crippen molar-refractivity contribution >= 4 is 11.6 Å². The minimum absolute atomic E-state index is 0.0757. The van der Waals surface area contributed by atoms with Crippen LogP contribution in [0, 0.1) is 0 Å². The Bertz CT molecular complexity index is 555. The summed E-state index contributed by atoms with van der Waals surface area (Å²) in [6.07, 6.45) is 0. The van der Waals surface area contributed by atoms with Gasteiger partial charge in [0, 0.05) is 5.41 Å². The Labute approximate surface area is 118 Å². The molecule has 0 aliphatic rings. The summed E-state index contributed by atoms with van der Waals surface area (Å²) in [5.41, 5.74) is 2.74. The van der Waals surface area contributed by atoms with Crippen LogP contribution in [0.1, 0.15) is 32.2 Å². The number of halogens is 1. The highest BCUT2D eigenvalue weighted by molar-refractivity contribution is 6.17. The monoisotopic (exact) mass is 279 g/mol. The van der Waals surface area contributed by atoms with Crippen molar-refractivity contribution < 1.29 is 4.74 Å². The molecule has 5 heteroatoms. The molecule has 0 bridgehead atoms. The third-order valence-electron chi connectivity index (χ3n) is 2.89. The maximum absolute atomic E-state index is 5.95. The number of hydrogen-bond donors (Lipinski definition) is 0. The van der Waals surface area contributed by atoms with Crippen LogP contribution in [0.3, 0.4) is 0 Å². The summed E-state index contributed by atoms with van der Waals surface area (Å²) in [4.78, 5) is 0. The molecule has 2 aromatic rings. The lowest BCUT2D eigenvalue weighted by molar-refractivity contribution is 0.414. The molecule has 1 aromatic carbocycles. The Morgan fingerprint density at radius 3 is 2.32 bits per heavy atom. The smallest absolute Gasteiger partial charge is 0.119 e. The van der Waals surface area contributed by atoms with Gasteiger partial charge in [0.05, 0.1) is 24.4 Å². The SMILES string of the molecule is COc1ccc(-n2nnc(CCl)c2C(C)(C)C)cc1. The van der Waals surface area contributed by atoms with Crippen LogP contribution in [0.2, 0.25) is 0 Å². The number of methoxy groups -OCH3 is 1. The highest BCUT2D eigenvalue weighted by Gasteiger charge is 2.25. The topological polar surface area (TPSA) is 39.9 Å². The first-order valence-corrected chi connectivity index (χ1v) is 6.66. The van der Waals surface area contributed by atoms with Gasteiger partial charge in [0.15, 0.2) is 0 Å². The van der Waals surface area contributed by atoms with Crippen LogP contribution in [0.25, 0.3) is 5.69 Å². The van der Waals surface area contributed by atoms with Crippen molar-refractivity contribution in [2.75, 3.05) is 7.11 Å². The van der Waals surface area contributed by atoms with Gasteiger partial charge in [0.1, 0.15) is 11.4 Å². The van der Waals surface area contributed by atoms with Gasteiger partial charge in [-0.1, -0.05) is 26.0 Å². The fraction of sp³-hybridized carbons (Fsp3) is 0.429. The molecular formula is C14H18ClN3O. The lowest BCUT2D eigenvalue weighted by atomic mass is 9.90. The lowest BCUT2D eigenvalue weighted by Crippen LogP contribution is -2.19. The molecule has 0 saturated heterocycles. The molecular weight excluding hydrogens is 262 g/mol. The van der Waals surface area contributed by atoms with E-state index in [9.17, 15) is 0 Å². The van der Waals surface area contributed by atoms with Crippen LogP contribution in [0.4, 0.5) is 0 Å². The summed E-state index contributed by atoms with van der Waals surface area (Å²) in [6.45, 7) is 6.38. The van der Waals surface area contributed by atoms with Crippen LogP contribution in [-0.4, -0.2) is 22.1 Å². The minimum Gasteiger partial charge on any atom is -0.497 e. The zero-order valence-corrected chi connectivity index (χ0v) is 12.4. The van der Waals surface area contributed by atoms with Gasteiger partial charge in [-0.2, -0.15) is 0 Å². The summed E-state index contributed by atoms with van der Waals surface area (Å²) in [5.74, 6) is 1.18. The van der Waals surface area contributed by atoms with Crippen molar-refractivity contribution in [1.82, 2.24) is 15.0 Å². The number of nitrogens with zero attached hydrogens (tertiary/aromatic N) is 3. The van der Waals surface area contributed by atoms with E-state index in [1.54, 1.807) is 7.11 Å². The van der Waals surface area contributed by atoms with Crippen molar-refractivity contribution in [3.63, 3.8) is 0 Å². The standard InChI is InChI=1S/C14H18ClN3O/c1-14(2,3)13-12(9-15)16-17-18(13)10-5-7-11(19-4)8-6-10/h5-8H,9H2,1-4H3. The molecule has 102 valence electrons. The molecule has 0 N–H and O–H groups in total. The highest BCUT2D eigenvalue weighted by atomic mass is 35.5. The normalized spacial score (nSPS) is 11.6. The predicted molar refractivity (Wildman–Crippen MR) is 76.2 cm³/mol. The van der Waals surface area contributed by atoms with Crippen LogP contribution >= 0.6 is 11.6 Å². The second-order valence-electron chi connectivity index (χ2n) is 5.38. The third-order valence-corrected chi connectivity index (χ3v) is 3.15. The number of hydrogen-bond acceptors (Lipinski definition) is 3. The van der Waals surface area contributed by atoms with E-state index >= 15 is 0 Å². The number of rotatable bonds is 3. The maximum atomic E-state index is 5.95. The zero-order chi connectivity index (χ0) is 14.0. The molecule has 0 aliphatic heterocycles. The molecule has 0 radical (unpaired) electrons. The minimum atomic E-state index is -0.0757. The zero-order valence-electron chi connectivity index (χ0n) is 11.6. The number of aromatic nitrogens is 3. The molecule has 0 unspecified atom stereocenters. The van der Waals surface area contributed by atoms with Crippen LogP contribution in [-0.2, 0) is 11.3 Å². The van der Waals surface area contributed by atoms with Crippen molar-refractivity contribution in [3.8, 4) is 11.4 Å². The second kappa shape index (κ2) is 5.21. The van der Waals surface area contributed by atoms with E-state index in [0.29, 0.717) is 5.88 Å². The van der Waals surface area contributed by atoms with Gasteiger partial charge in [0.2, 0.25) is 0 Å². The highest BCUT2D eigenvalue weighted by Crippen LogP contribution is 2.28. The van der Waals surface area contributed by atoms with Gasteiger partial charge in [0.25, 0.3) is 0 Å². The Hall–Kier alpha value is -1.55. The molecule has 4 nitrogen and oxygen atoms in total. The summed E-state index contributed by atoms with van der Waals surface area (Å²) in [5, 5.41) is 8.39. The van der Waals surface area contributed by atoms with Crippen molar-refractivity contribution in [1.29, 1.82) is 0 Å². The van der Waals surface area contributed by atoms with Crippen molar-refractivity contribution in [2.45, 2.75) is 32.1 Å². The Morgan fingerprint density at radius 1 is 1.21 bits per heavy atom.